The van der Waals surface area contributed by atoms with Crippen molar-refractivity contribution in [3.05, 3.63) is 84.2 Å². The normalized spacial score (nSPS) is 12.2. The van der Waals surface area contributed by atoms with Crippen molar-refractivity contribution in [2.24, 2.45) is 4.99 Å². The first kappa shape index (κ1) is 24.0. The van der Waals surface area contributed by atoms with E-state index in [1.54, 1.807) is 30.2 Å². The zero-order chi connectivity index (χ0) is 23.3. The average Bonchev–Trinajstić information content (AvgIpc) is 3.34. The van der Waals surface area contributed by atoms with Crippen molar-refractivity contribution in [1.29, 1.82) is 0 Å². The van der Waals surface area contributed by atoms with E-state index in [0.717, 1.165) is 30.2 Å². The molecule has 2 aromatic carbocycles. The smallest absolute Gasteiger partial charge is 0.246 e. The third kappa shape index (κ3) is 8.42. The molecule has 3 aromatic rings. The molecule has 1 atom stereocenters. The number of carbonyl (C=O) groups is 1. The highest BCUT2D eigenvalue weighted by Crippen LogP contribution is 2.15. The van der Waals surface area contributed by atoms with Crippen molar-refractivity contribution in [3.8, 4) is 0 Å². The molecule has 1 aromatic heterocycles. The van der Waals surface area contributed by atoms with Crippen LogP contribution in [0, 0.1) is 0 Å². The van der Waals surface area contributed by atoms with E-state index in [4.69, 9.17) is 4.74 Å². The van der Waals surface area contributed by atoms with Crippen LogP contribution in [0.1, 0.15) is 30.6 Å². The first-order valence-electron chi connectivity index (χ1n) is 11.1. The molecule has 8 heteroatoms. The molecule has 0 aliphatic rings. The summed E-state index contributed by atoms with van der Waals surface area (Å²) in [6, 6.07) is 19.7. The molecule has 174 valence electrons. The third-order valence-electron chi connectivity index (χ3n) is 5.01. The van der Waals surface area contributed by atoms with Gasteiger partial charge in [-0.1, -0.05) is 42.5 Å². The Labute approximate surface area is 195 Å². The van der Waals surface area contributed by atoms with Crippen molar-refractivity contribution in [3.63, 3.8) is 0 Å². The zero-order valence-corrected chi connectivity index (χ0v) is 19.2. The van der Waals surface area contributed by atoms with Crippen LogP contribution in [0.4, 0.5) is 5.69 Å². The molecule has 1 amide bonds. The minimum absolute atomic E-state index is 0.0796. The summed E-state index contributed by atoms with van der Waals surface area (Å²) in [6.45, 7) is 4.26. The number of aliphatic imine (C=N–C) groups is 1. The predicted octanol–water partition coefficient (Wildman–Crippen LogP) is 3.35. The van der Waals surface area contributed by atoms with Gasteiger partial charge in [0, 0.05) is 44.8 Å². The Balaban J connectivity index is 1.36. The van der Waals surface area contributed by atoms with Crippen LogP contribution in [0.15, 0.2) is 78.0 Å². The molecular formula is C25H32N6O2. The number of benzene rings is 2. The number of amides is 1. The molecule has 3 N–H and O–H groups in total. The number of anilines is 1. The predicted molar refractivity (Wildman–Crippen MR) is 131 cm³/mol. The first-order valence-corrected chi connectivity index (χ1v) is 11.1. The van der Waals surface area contributed by atoms with Gasteiger partial charge in [-0.2, -0.15) is 5.10 Å². The van der Waals surface area contributed by atoms with Crippen LogP contribution < -0.4 is 16.0 Å². The Kier molecular flexibility index (Phi) is 9.47. The SMILES string of the molecule is CN=C(NCCCOC(C)c1ccccc1)NCc1cccc(NC(=O)Cn2cccn2)c1. The van der Waals surface area contributed by atoms with E-state index in [9.17, 15) is 4.79 Å². The number of aromatic nitrogens is 2. The summed E-state index contributed by atoms with van der Waals surface area (Å²) in [5, 5.41) is 13.6. The summed E-state index contributed by atoms with van der Waals surface area (Å²) < 4.78 is 7.50. The Morgan fingerprint density at radius 3 is 2.73 bits per heavy atom. The maximum Gasteiger partial charge on any atom is 0.246 e. The maximum atomic E-state index is 12.2. The van der Waals surface area contributed by atoms with Crippen molar-refractivity contribution >= 4 is 17.6 Å². The molecule has 1 unspecified atom stereocenters. The molecule has 0 fully saturated rings. The number of carbonyl (C=O) groups excluding carboxylic acids is 1. The van der Waals surface area contributed by atoms with Crippen LogP contribution in [0.3, 0.4) is 0 Å². The van der Waals surface area contributed by atoms with Gasteiger partial charge in [0.1, 0.15) is 6.54 Å². The van der Waals surface area contributed by atoms with Crippen LogP contribution in [-0.2, 0) is 22.6 Å². The highest BCUT2D eigenvalue weighted by atomic mass is 16.5. The van der Waals surface area contributed by atoms with Crippen molar-refractivity contribution in [1.82, 2.24) is 20.4 Å². The van der Waals surface area contributed by atoms with Gasteiger partial charge in [-0.05, 0) is 42.7 Å². The summed E-state index contributed by atoms with van der Waals surface area (Å²) in [5.41, 5.74) is 2.97. The van der Waals surface area contributed by atoms with Crippen LogP contribution in [0.2, 0.25) is 0 Å². The van der Waals surface area contributed by atoms with E-state index in [0.29, 0.717) is 13.2 Å². The van der Waals surface area contributed by atoms with Crippen molar-refractivity contribution in [2.75, 3.05) is 25.5 Å². The molecule has 33 heavy (non-hydrogen) atoms. The summed E-state index contributed by atoms with van der Waals surface area (Å²) in [5.74, 6) is 0.601. The van der Waals surface area contributed by atoms with Gasteiger partial charge in [0.2, 0.25) is 5.91 Å². The van der Waals surface area contributed by atoms with Gasteiger partial charge in [-0.25, -0.2) is 0 Å². The van der Waals surface area contributed by atoms with Gasteiger partial charge in [-0.3, -0.25) is 14.5 Å². The highest BCUT2D eigenvalue weighted by molar-refractivity contribution is 5.90. The fourth-order valence-corrected chi connectivity index (χ4v) is 3.27. The van der Waals surface area contributed by atoms with Gasteiger partial charge in [0.15, 0.2) is 5.96 Å². The number of guanidine groups is 1. The minimum Gasteiger partial charge on any atom is -0.374 e. The number of hydrogen-bond acceptors (Lipinski definition) is 4. The topological polar surface area (TPSA) is 92.6 Å². The highest BCUT2D eigenvalue weighted by Gasteiger charge is 2.06. The van der Waals surface area contributed by atoms with Gasteiger partial charge >= 0.3 is 0 Å². The monoisotopic (exact) mass is 448 g/mol. The molecule has 0 saturated heterocycles. The fourth-order valence-electron chi connectivity index (χ4n) is 3.27. The summed E-state index contributed by atoms with van der Waals surface area (Å²) in [6.07, 6.45) is 4.36. The van der Waals surface area contributed by atoms with Crippen LogP contribution in [0.5, 0.6) is 0 Å². The summed E-state index contributed by atoms with van der Waals surface area (Å²) in [4.78, 5) is 16.4. The number of nitrogens with one attached hydrogen (secondary N) is 3. The summed E-state index contributed by atoms with van der Waals surface area (Å²) >= 11 is 0. The van der Waals surface area contributed by atoms with E-state index >= 15 is 0 Å². The molecule has 8 nitrogen and oxygen atoms in total. The second kappa shape index (κ2) is 13.0. The molecule has 0 aliphatic heterocycles. The van der Waals surface area contributed by atoms with Crippen molar-refractivity contribution < 1.29 is 9.53 Å². The van der Waals surface area contributed by atoms with Crippen molar-refractivity contribution in [2.45, 2.75) is 32.5 Å². The summed E-state index contributed by atoms with van der Waals surface area (Å²) in [7, 11) is 1.75. The first-order chi connectivity index (χ1) is 16.1. The maximum absolute atomic E-state index is 12.2. The van der Waals surface area contributed by atoms with E-state index in [2.05, 4.69) is 45.1 Å². The molecule has 0 saturated carbocycles. The standard InChI is InChI=1S/C25H32N6O2/c1-20(22-10-4-3-5-11-22)33-16-8-13-27-25(26-2)28-18-21-9-6-12-23(17-21)30-24(32)19-31-15-7-14-29-31/h3-7,9-12,14-15,17,20H,8,13,16,18-19H2,1-2H3,(H,30,32)(H2,26,27,28). The lowest BCUT2D eigenvalue weighted by molar-refractivity contribution is -0.116. The molecular weight excluding hydrogens is 416 g/mol. The van der Waals surface area contributed by atoms with Gasteiger partial charge in [0.25, 0.3) is 0 Å². The Bertz CT molecular complexity index is 1000. The second-order valence-corrected chi connectivity index (χ2v) is 7.58. The second-order valence-electron chi connectivity index (χ2n) is 7.58. The van der Waals surface area contributed by atoms with Crippen LogP contribution in [-0.4, -0.2) is 41.8 Å². The largest absolute Gasteiger partial charge is 0.374 e. The van der Waals surface area contributed by atoms with Crippen LogP contribution in [0.25, 0.3) is 0 Å². The quantitative estimate of drug-likeness (QED) is 0.238. The Hall–Kier alpha value is -3.65. The number of rotatable bonds is 11. The van der Waals surface area contributed by atoms with Gasteiger partial charge in [-0.15, -0.1) is 0 Å². The fraction of sp³-hybridized carbons (Fsp3) is 0.320. The van der Waals surface area contributed by atoms with E-state index in [1.807, 2.05) is 42.5 Å². The molecule has 0 radical (unpaired) electrons. The average molecular weight is 449 g/mol. The Morgan fingerprint density at radius 1 is 1.12 bits per heavy atom. The van der Waals surface area contributed by atoms with Crippen LogP contribution >= 0.6 is 0 Å². The van der Waals surface area contributed by atoms with Gasteiger partial charge < -0.3 is 20.7 Å². The van der Waals surface area contributed by atoms with E-state index < -0.39 is 0 Å². The minimum atomic E-state index is -0.120. The molecule has 0 bridgehead atoms. The Morgan fingerprint density at radius 2 is 1.97 bits per heavy atom. The number of hydrogen-bond donors (Lipinski definition) is 3. The molecule has 1 heterocycles. The molecule has 3 rings (SSSR count). The number of nitrogens with zero attached hydrogens (tertiary/aromatic N) is 3. The van der Waals surface area contributed by atoms with E-state index in [-0.39, 0.29) is 18.6 Å². The zero-order valence-electron chi connectivity index (χ0n) is 19.2. The lowest BCUT2D eigenvalue weighted by Crippen LogP contribution is -2.37. The van der Waals surface area contributed by atoms with Gasteiger partial charge in [0.05, 0.1) is 6.10 Å². The molecule has 0 aliphatic carbocycles. The lowest BCUT2D eigenvalue weighted by Gasteiger charge is -2.15. The molecule has 0 spiro atoms. The number of ether oxygens (including phenoxy) is 1. The van der Waals surface area contributed by atoms with E-state index in [1.165, 1.54) is 5.56 Å². The lowest BCUT2D eigenvalue weighted by atomic mass is 10.1. The third-order valence-corrected chi connectivity index (χ3v) is 5.01.